The topological polar surface area (TPSA) is 51.2 Å². The second-order valence-corrected chi connectivity index (χ2v) is 6.59. The summed E-state index contributed by atoms with van der Waals surface area (Å²) in [4.78, 5) is 16.4. The first-order chi connectivity index (χ1) is 10.6. The number of carbonyl (C=O) groups excluding carboxylic acids is 1. The zero-order chi connectivity index (χ0) is 15.6. The average Bonchev–Trinajstić information content (AvgIpc) is 3.15. The number of amides is 1. The smallest absolute Gasteiger partial charge is 0.270 e. The first kappa shape index (κ1) is 15.1. The third kappa shape index (κ3) is 3.03. The van der Waals surface area contributed by atoms with Crippen molar-refractivity contribution in [3.05, 3.63) is 51.7 Å². The molecule has 0 saturated carbocycles. The summed E-state index contributed by atoms with van der Waals surface area (Å²) in [5.74, 6) is -0.447. The minimum absolute atomic E-state index is 0.183. The molecule has 1 amide bonds. The van der Waals surface area contributed by atoms with E-state index >= 15 is 0 Å². The molecular formula is C16H17FN2O2S. The standard InChI is InChI=1S/C16H17FN2O2S/c1-11-19-14(8-22-11)15(20)18-9-16(6-7-21-10-16)12-2-4-13(17)5-3-12/h2-5,8H,6-7,9-10H2,1H3,(H,18,20)/t16-/m1/s1. The first-order valence-electron chi connectivity index (χ1n) is 7.13. The highest BCUT2D eigenvalue weighted by molar-refractivity contribution is 7.09. The van der Waals surface area contributed by atoms with Gasteiger partial charge in [0, 0.05) is 23.9 Å². The Morgan fingerprint density at radius 2 is 2.23 bits per heavy atom. The molecule has 116 valence electrons. The van der Waals surface area contributed by atoms with Crippen LogP contribution in [0.4, 0.5) is 4.39 Å². The van der Waals surface area contributed by atoms with Crippen molar-refractivity contribution < 1.29 is 13.9 Å². The van der Waals surface area contributed by atoms with Crippen molar-refractivity contribution in [2.24, 2.45) is 0 Å². The highest BCUT2D eigenvalue weighted by Gasteiger charge is 2.37. The lowest BCUT2D eigenvalue weighted by Crippen LogP contribution is -2.41. The molecule has 2 heterocycles. The van der Waals surface area contributed by atoms with E-state index in [9.17, 15) is 9.18 Å². The monoisotopic (exact) mass is 320 g/mol. The number of halogens is 1. The van der Waals surface area contributed by atoms with Crippen LogP contribution in [0.5, 0.6) is 0 Å². The van der Waals surface area contributed by atoms with E-state index in [1.54, 1.807) is 17.5 Å². The molecule has 4 nitrogen and oxygen atoms in total. The zero-order valence-corrected chi connectivity index (χ0v) is 13.1. The molecule has 2 aromatic rings. The molecule has 0 bridgehead atoms. The molecule has 0 spiro atoms. The molecule has 0 unspecified atom stereocenters. The van der Waals surface area contributed by atoms with Crippen LogP contribution >= 0.6 is 11.3 Å². The lowest BCUT2D eigenvalue weighted by molar-refractivity contribution is 0.0934. The van der Waals surface area contributed by atoms with Crippen LogP contribution in [-0.2, 0) is 10.2 Å². The van der Waals surface area contributed by atoms with Gasteiger partial charge in [-0.1, -0.05) is 12.1 Å². The molecular weight excluding hydrogens is 303 g/mol. The maximum Gasteiger partial charge on any atom is 0.270 e. The quantitative estimate of drug-likeness (QED) is 0.942. The van der Waals surface area contributed by atoms with E-state index in [4.69, 9.17) is 4.74 Å². The number of hydrogen-bond donors (Lipinski definition) is 1. The Balaban J connectivity index is 1.74. The Hall–Kier alpha value is -1.79. The second kappa shape index (κ2) is 6.14. The highest BCUT2D eigenvalue weighted by atomic mass is 32.1. The molecule has 1 saturated heterocycles. The number of nitrogens with zero attached hydrogens (tertiary/aromatic N) is 1. The number of aromatic nitrogens is 1. The van der Waals surface area contributed by atoms with E-state index < -0.39 is 0 Å². The minimum atomic E-state index is -0.297. The van der Waals surface area contributed by atoms with Crippen molar-refractivity contribution in [1.29, 1.82) is 0 Å². The Bertz CT molecular complexity index is 663. The van der Waals surface area contributed by atoms with E-state index in [2.05, 4.69) is 10.3 Å². The van der Waals surface area contributed by atoms with E-state index in [0.717, 1.165) is 17.0 Å². The molecule has 1 aliphatic heterocycles. The molecule has 1 aromatic carbocycles. The summed E-state index contributed by atoms with van der Waals surface area (Å²) in [6, 6.07) is 6.42. The van der Waals surface area contributed by atoms with Crippen LogP contribution in [0.2, 0.25) is 0 Å². The molecule has 1 aromatic heterocycles. The number of thiazole rings is 1. The third-order valence-corrected chi connectivity index (χ3v) is 4.77. The Morgan fingerprint density at radius 1 is 1.45 bits per heavy atom. The normalized spacial score (nSPS) is 21.0. The van der Waals surface area contributed by atoms with Gasteiger partial charge in [-0.15, -0.1) is 11.3 Å². The van der Waals surface area contributed by atoms with Crippen LogP contribution in [0.3, 0.4) is 0 Å². The molecule has 22 heavy (non-hydrogen) atoms. The van der Waals surface area contributed by atoms with E-state index in [-0.39, 0.29) is 17.1 Å². The molecule has 3 rings (SSSR count). The molecule has 1 N–H and O–H groups in total. The number of carbonyl (C=O) groups is 1. The fourth-order valence-electron chi connectivity index (χ4n) is 2.69. The maximum atomic E-state index is 13.1. The van der Waals surface area contributed by atoms with Crippen molar-refractivity contribution in [2.45, 2.75) is 18.8 Å². The largest absolute Gasteiger partial charge is 0.380 e. The molecule has 1 aliphatic rings. The van der Waals surface area contributed by atoms with Crippen molar-refractivity contribution in [2.75, 3.05) is 19.8 Å². The first-order valence-corrected chi connectivity index (χ1v) is 8.01. The molecule has 6 heteroatoms. The highest BCUT2D eigenvalue weighted by Crippen LogP contribution is 2.32. The average molecular weight is 320 g/mol. The number of nitrogens with one attached hydrogen (secondary N) is 1. The van der Waals surface area contributed by atoms with Gasteiger partial charge in [0.2, 0.25) is 0 Å². The molecule has 0 aliphatic carbocycles. The van der Waals surface area contributed by atoms with Gasteiger partial charge in [0.15, 0.2) is 0 Å². The summed E-state index contributed by atoms with van der Waals surface area (Å²) in [5, 5.41) is 5.55. The van der Waals surface area contributed by atoms with Crippen LogP contribution in [-0.4, -0.2) is 30.6 Å². The summed E-state index contributed by atoms with van der Waals surface area (Å²) in [7, 11) is 0. The molecule has 1 atom stereocenters. The second-order valence-electron chi connectivity index (χ2n) is 5.52. The molecule has 0 radical (unpaired) electrons. The van der Waals surface area contributed by atoms with Crippen molar-refractivity contribution >= 4 is 17.2 Å². The summed E-state index contributed by atoms with van der Waals surface area (Å²) in [6.07, 6.45) is 0.801. The summed E-state index contributed by atoms with van der Waals surface area (Å²) >= 11 is 1.45. The predicted molar refractivity (Wildman–Crippen MR) is 82.7 cm³/mol. The minimum Gasteiger partial charge on any atom is -0.380 e. The number of rotatable bonds is 4. The van der Waals surface area contributed by atoms with Crippen molar-refractivity contribution in [1.82, 2.24) is 10.3 Å². The Morgan fingerprint density at radius 3 is 2.82 bits per heavy atom. The maximum absolute atomic E-state index is 13.1. The van der Waals surface area contributed by atoms with Gasteiger partial charge in [-0.3, -0.25) is 4.79 Å². The zero-order valence-electron chi connectivity index (χ0n) is 12.3. The van der Waals surface area contributed by atoms with Gasteiger partial charge in [0.05, 0.1) is 11.6 Å². The van der Waals surface area contributed by atoms with E-state index in [1.807, 2.05) is 6.92 Å². The molecule has 1 fully saturated rings. The van der Waals surface area contributed by atoms with Gasteiger partial charge >= 0.3 is 0 Å². The van der Waals surface area contributed by atoms with Crippen LogP contribution in [0, 0.1) is 12.7 Å². The van der Waals surface area contributed by atoms with E-state index in [0.29, 0.717) is 25.5 Å². The summed E-state index contributed by atoms with van der Waals surface area (Å²) in [6.45, 7) is 3.48. The van der Waals surface area contributed by atoms with Crippen molar-refractivity contribution in [3.63, 3.8) is 0 Å². The fraction of sp³-hybridized carbons (Fsp3) is 0.375. The third-order valence-electron chi connectivity index (χ3n) is 4.00. The van der Waals surface area contributed by atoms with Crippen LogP contribution in [0.1, 0.15) is 27.5 Å². The van der Waals surface area contributed by atoms with Gasteiger partial charge in [-0.2, -0.15) is 0 Å². The number of benzene rings is 1. The Kier molecular flexibility index (Phi) is 4.22. The van der Waals surface area contributed by atoms with Gasteiger partial charge in [0.1, 0.15) is 11.5 Å². The summed E-state index contributed by atoms with van der Waals surface area (Å²) in [5.41, 5.74) is 1.13. The predicted octanol–water partition coefficient (Wildman–Crippen LogP) is 2.68. The van der Waals surface area contributed by atoms with Crippen LogP contribution < -0.4 is 5.32 Å². The van der Waals surface area contributed by atoms with Gasteiger partial charge < -0.3 is 10.1 Å². The van der Waals surface area contributed by atoms with Crippen molar-refractivity contribution in [3.8, 4) is 0 Å². The summed E-state index contributed by atoms with van der Waals surface area (Å²) < 4.78 is 18.7. The lowest BCUT2D eigenvalue weighted by atomic mass is 9.79. The lowest BCUT2D eigenvalue weighted by Gasteiger charge is -2.28. The van der Waals surface area contributed by atoms with Gasteiger partial charge in [-0.05, 0) is 31.0 Å². The van der Waals surface area contributed by atoms with Crippen LogP contribution in [0.25, 0.3) is 0 Å². The number of ether oxygens (including phenoxy) is 1. The Labute approximate surface area is 132 Å². The number of aryl methyl sites for hydroxylation is 1. The van der Waals surface area contributed by atoms with Gasteiger partial charge in [0.25, 0.3) is 5.91 Å². The van der Waals surface area contributed by atoms with Crippen LogP contribution in [0.15, 0.2) is 29.6 Å². The SMILES string of the molecule is Cc1nc(C(=O)NC[C@]2(c3ccc(F)cc3)CCOC2)cs1. The fourth-order valence-corrected chi connectivity index (χ4v) is 3.28. The van der Waals surface area contributed by atoms with Gasteiger partial charge in [-0.25, -0.2) is 9.37 Å². The van der Waals surface area contributed by atoms with E-state index in [1.165, 1.54) is 23.5 Å². The number of hydrogen-bond acceptors (Lipinski definition) is 4.